The van der Waals surface area contributed by atoms with Crippen LogP contribution in [0.15, 0.2) is 52.9 Å². The number of aromatic nitrogens is 1. The first kappa shape index (κ1) is 20.3. The molecule has 0 saturated carbocycles. The molecule has 0 bridgehead atoms. The molecule has 0 unspecified atom stereocenters. The summed E-state index contributed by atoms with van der Waals surface area (Å²) >= 11 is 0. The minimum atomic E-state index is -0.264. The van der Waals surface area contributed by atoms with Crippen LogP contribution in [-0.4, -0.2) is 23.8 Å². The molecule has 2 aromatic carbocycles. The van der Waals surface area contributed by atoms with E-state index in [4.69, 9.17) is 4.42 Å². The van der Waals surface area contributed by atoms with Crippen LogP contribution in [0.25, 0.3) is 11.5 Å². The zero-order valence-corrected chi connectivity index (χ0v) is 17.1. The topological polar surface area (TPSA) is 84.2 Å². The normalized spacial score (nSPS) is 10.8. The Hall–Kier alpha value is -3.41. The summed E-state index contributed by atoms with van der Waals surface area (Å²) in [5.74, 6) is 1.02. The van der Waals surface area contributed by atoms with Gasteiger partial charge in [0.2, 0.25) is 11.8 Å². The summed E-state index contributed by atoms with van der Waals surface area (Å²) in [7, 11) is 1.55. The predicted octanol–water partition coefficient (Wildman–Crippen LogP) is 4.31. The van der Waals surface area contributed by atoms with Crippen LogP contribution in [0, 0.1) is 6.92 Å². The predicted molar refractivity (Wildman–Crippen MR) is 113 cm³/mol. The van der Waals surface area contributed by atoms with Gasteiger partial charge in [0.1, 0.15) is 5.76 Å². The summed E-state index contributed by atoms with van der Waals surface area (Å²) in [6.45, 7) is 6.08. The van der Waals surface area contributed by atoms with Gasteiger partial charge in [0, 0.05) is 12.6 Å². The van der Waals surface area contributed by atoms with Crippen molar-refractivity contribution >= 4 is 17.5 Å². The molecule has 0 aliphatic carbocycles. The molecule has 3 aromatic rings. The van der Waals surface area contributed by atoms with Crippen LogP contribution in [-0.2, 0) is 11.2 Å². The van der Waals surface area contributed by atoms with Crippen LogP contribution in [0.4, 0.5) is 5.69 Å². The number of benzene rings is 2. The third-order valence-corrected chi connectivity index (χ3v) is 4.72. The molecule has 3 rings (SSSR count). The summed E-state index contributed by atoms with van der Waals surface area (Å²) in [5, 5.41) is 5.36. The standard InChI is InChI=1S/C23H25N3O3/c1-14(2)16-9-11-17(12-10-16)23-26-20(15(3)29-23)13-21(27)25-19-8-6-5-7-18(19)22(28)24-4/h5-12,14H,13H2,1-4H3,(H,24,28)(H,25,27). The molecule has 6 nitrogen and oxygen atoms in total. The van der Waals surface area contributed by atoms with Gasteiger partial charge in [0.05, 0.1) is 23.4 Å². The van der Waals surface area contributed by atoms with E-state index in [1.165, 1.54) is 5.56 Å². The van der Waals surface area contributed by atoms with Gasteiger partial charge in [0.25, 0.3) is 5.91 Å². The number of nitrogens with zero attached hydrogens (tertiary/aromatic N) is 1. The van der Waals surface area contributed by atoms with E-state index in [1.54, 1.807) is 38.2 Å². The molecule has 2 amide bonds. The van der Waals surface area contributed by atoms with Gasteiger partial charge in [0.15, 0.2) is 0 Å². The maximum atomic E-state index is 12.5. The van der Waals surface area contributed by atoms with Crippen molar-refractivity contribution in [3.8, 4) is 11.5 Å². The first-order valence-corrected chi connectivity index (χ1v) is 9.56. The molecule has 150 valence electrons. The maximum Gasteiger partial charge on any atom is 0.253 e. The van der Waals surface area contributed by atoms with Gasteiger partial charge in [-0.3, -0.25) is 9.59 Å². The monoisotopic (exact) mass is 391 g/mol. The van der Waals surface area contributed by atoms with Crippen molar-refractivity contribution in [3.63, 3.8) is 0 Å². The van der Waals surface area contributed by atoms with Crippen molar-refractivity contribution in [2.75, 3.05) is 12.4 Å². The van der Waals surface area contributed by atoms with Crippen molar-refractivity contribution < 1.29 is 14.0 Å². The molecule has 1 heterocycles. The van der Waals surface area contributed by atoms with Gasteiger partial charge in [-0.1, -0.05) is 38.1 Å². The van der Waals surface area contributed by atoms with Crippen molar-refractivity contribution in [3.05, 3.63) is 71.1 Å². The molecule has 0 aliphatic heterocycles. The largest absolute Gasteiger partial charge is 0.441 e. The van der Waals surface area contributed by atoms with Gasteiger partial charge >= 0.3 is 0 Å². The van der Waals surface area contributed by atoms with Gasteiger partial charge in [-0.05, 0) is 42.7 Å². The smallest absolute Gasteiger partial charge is 0.253 e. The summed E-state index contributed by atoms with van der Waals surface area (Å²) in [4.78, 5) is 29.0. The molecule has 29 heavy (non-hydrogen) atoms. The Balaban J connectivity index is 1.74. The SMILES string of the molecule is CNC(=O)c1ccccc1NC(=O)Cc1nc(-c2ccc(C(C)C)cc2)oc1C. The van der Waals surface area contributed by atoms with Gasteiger partial charge < -0.3 is 15.1 Å². The summed E-state index contributed by atoms with van der Waals surface area (Å²) in [6.07, 6.45) is 0.0570. The molecule has 0 fully saturated rings. The number of nitrogens with one attached hydrogen (secondary N) is 2. The zero-order valence-electron chi connectivity index (χ0n) is 17.1. The number of para-hydroxylation sites is 1. The minimum Gasteiger partial charge on any atom is -0.441 e. The van der Waals surface area contributed by atoms with Crippen LogP contribution in [0.2, 0.25) is 0 Å². The lowest BCUT2D eigenvalue weighted by atomic mass is 10.0. The maximum absolute atomic E-state index is 12.5. The molecular weight excluding hydrogens is 366 g/mol. The second-order valence-electron chi connectivity index (χ2n) is 7.15. The fourth-order valence-electron chi connectivity index (χ4n) is 3.00. The van der Waals surface area contributed by atoms with Gasteiger partial charge in [-0.15, -0.1) is 0 Å². The lowest BCUT2D eigenvalue weighted by Crippen LogP contribution is -2.22. The Bertz CT molecular complexity index is 1020. The van der Waals surface area contributed by atoms with Crippen LogP contribution in [0.3, 0.4) is 0 Å². The Kier molecular flexibility index (Phi) is 6.12. The third-order valence-electron chi connectivity index (χ3n) is 4.72. The minimum absolute atomic E-state index is 0.0570. The second-order valence-corrected chi connectivity index (χ2v) is 7.15. The van der Waals surface area contributed by atoms with E-state index in [2.05, 4.69) is 41.6 Å². The number of oxazole rings is 1. The highest BCUT2D eigenvalue weighted by Crippen LogP contribution is 2.25. The van der Waals surface area contributed by atoms with Crippen LogP contribution >= 0.6 is 0 Å². The van der Waals surface area contributed by atoms with Crippen molar-refractivity contribution in [2.45, 2.75) is 33.1 Å². The van der Waals surface area contributed by atoms with Crippen molar-refractivity contribution in [2.24, 2.45) is 0 Å². The van der Waals surface area contributed by atoms with Gasteiger partial charge in [-0.2, -0.15) is 0 Å². The summed E-state index contributed by atoms with van der Waals surface area (Å²) in [5.41, 5.74) is 3.55. The van der Waals surface area contributed by atoms with Crippen LogP contribution in [0.1, 0.15) is 47.1 Å². The fourth-order valence-corrected chi connectivity index (χ4v) is 3.00. The second kappa shape index (κ2) is 8.73. The molecule has 0 aliphatic rings. The number of anilines is 1. The van der Waals surface area contributed by atoms with Crippen LogP contribution < -0.4 is 10.6 Å². The highest BCUT2D eigenvalue weighted by molar-refractivity contribution is 6.03. The van der Waals surface area contributed by atoms with Crippen LogP contribution in [0.5, 0.6) is 0 Å². The van der Waals surface area contributed by atoms with E-state index in [0.29, 0.717) is 34.5 Å². The summed E-state index contributed by atoms with van der Waals surface area (Å²) in [6, 6.07) is 14.9. The molecule has 6 heteroatoms. The highest BCUT2D eigenvalue weighted by atomic mass is 16.4. The molecule has 0 saturated heterocycles. The number of hydrogen-bond donors (Lipinski definition) is 2. The van der Waals surface area contributed by atoms with E-state index in [1.807, 2.05) is 12.1 Å². The number of amides is 2. The average molecular weight is 391 g/mol. The highest BCUT2D eigenvalue weighted by Gasteiger charge is 2.17. The lowest BCUT2D eigenvalue weighted by Gasteiger charge is -2.09. The Labute approximate surface area is 170 Å². The summed E-state index contributed by atoms with van der Waals surface area (Å²) < 4.78 is 5.78. The lowest BCUT2D eigenvalue weighted by molar-refractivity contribution is -0.115. The number of hydrogen-bond acceptors (Lipinski definition) is 4. The van der Waals surface area contributed by atoms with E-state index < -0.39 is 0 Å². The number of aryl methyl sites for hydroxylation is 1. The molecule has 0 radical (unpaired) electrons. The molecular formula is C23H25N3O3. The molecule has 2 N–H and O–H groups in total. The van der Waals surface area contributed by atoms with E-state index >= 15 is 0 Å². The fraction of sp³-hybridized carbons (Fsp3) is 0.261. The first-order valence-electron chi connectivity index (χ1n) is 9.56. The molecule has 0 spiro atoms. The molecule has 0 atom stereocenters. The quantitative estimate of drug-likeness (QED) is 0.656. The van der Waals surface area contributed by atoms with Crippen molar-refractivity contribution in [1.29, 1.82) is 0 Å². The number of rotatable bonds is 6. The van der Waals surface area contributed by atoms with E-state index in [9.17, 15) is 9.59 Å². The zero-order chi connectivity index (χ0) is 21.0. The van der Waals surface area contributed by atoms with Crippen molar-refractivity contribution in [1.82, 2.24) is 10.3 Å². The molecule has 1 aromatic heterocycles. The first-order chi connectivity index (χ1) is 13.9. The Morgan fingerprint density at radius 2 is 1.76 bits per heavy atom. The third kappa shape index (κ3) is 4.71. The van der Waals surface area contributed by atoms with E-state index in [0.717, 1.165) is 5.56 Å². The average Bonchev–Trinajstić information content (AvgIpc) is 3.08. The van der Waals surface area contributed by atoms with E-state index in [-0.39, 0.29) is 18.2 Å². The van der Waals surface area contributed by atoms with Gasteiger partial charge in [-0.25, -0.2) is 4.98 Å². The number of carbonyl (C=O) groups excluding carboxylic acids is 2. The Morgan fingerprint density at radius 1 is 1.07 bits per heavy atom. The number of carbonyl (C=O) groups is 2. The Morgan fingerprint density at radius 3 is 2.41 bits per heavy atom.